The van der Waals surface area contributed by atoms with Crippen molar-refractivity contribution < 1.29 is 0 Å². The maximum Gasteiger partial charge on any atom is 0.131 e. The van der Waals surface area contributed by atoms with Crippen LogP contribution in [0.1, 0.15) is 0 Å². The molecule has 0 radical (unpaired) electrons. The molecule has 0 unspecified atom stereocenters. The van der Waals surface area contributed by atoms with Gasteiger partial charge in [-0.25, -0.2) is 4.98 Å². The molecule has 1 fully saturated rings. The SMILES string of the molecule is Clc1cc(N2CC2)ccn1. The average molecular weight is 155 g/mol. The first-order chi connectivity index (χ1) is 4.86. The summed E-state index contributed by atoms with van der Waals surface area (Å²) in [5, 5.41) is 0.574. The molecule has 0 aliphatic carbocycles. The van der Waals surface area contributed by atoms with Crippen LogP contribution >= 0.6 is 11.6 Å². The Labute approximate surface area is 64.4 Å². The Morgan fingerprint density at radius 2 is 2.30 bits per heavy atom. The number of anilines is 1. The van der Waals surface area contributed by atoms with E-state index in [4.69, 9.17) is 11.6 Å². The Kier molecular flexibility index (Phi) is 1.27. The van der Waals surface area contributed by atoms with Crippen LogP contribution in [0.2, 0.25) is 5.15 Å². The summed E-state index contributed by atoms with van der Waals surface area (Å²) in [7, 11) is 0. The van der Waals surface area contributed by atoms with Crippen molar-refractivity contribution in [2.24, 2.45) is 0 Å². The van der Waals surface area contributed by atoms with Crippen LogP contribution in [0.15, 0.2) is 18.3 Å². The van der Waals surface area contributed by atoms with Crippen LogP contribution in [-0.4, -0.2) is 18.1 Å². The number of pyridine rings is 1. The van der Waals surface area contributed by atoms with Gasteiger partial charge in [0.15, 0.2) is 0 Å². The fourth-order valence-corrected chi connectivity index (χ4v) is 1.07. The van der Waals surface area contributed by atoms with Gasteiger partial charge in [0.25, 0.3) is 0 Å². The number of hydrogen-bond donors (Lipinski definition) is 0. The maximum absolute atomic E-state index is 5.68. The Morgan fingerprint density at radius 1 is 1.50 bits per heavy atom. The molecule has 1 aliphatic heterocycles. The molecule has 0 aromatic carbocycles. The van der Waals surface area contributed by atoms with Crippen LogP contribution < -0.4 is 4.90 Å². The van der Waals surface area contributed by atoms with Gasteiger partial charge in [0.05, 0.1) is 0 Å². The van der Waals surface area contributed by atoms with Gasteiger partial charge in [-0.2, -0.15) is 0 Å². The highest BCUT2D eigenvalue weighted by atomic mass is 35.5. The third kappa shape index (κ3) is 1.07. The van der Waals surface area contributed by atoms with E-state index in [0.29, 0.717) is 5.15 Å². The van der Waals surface area contributed by atoms with Gasteiger partial charge in [-0.05, 0) is 12.1 Å². The van der Waals surface area contributed by atoms with Gasteiger partial charge in [0.1, 0.15) is 5.15 Å². The van der Waals surface area contributed by atoms with Gasteiger partial charge in [0.2, 0.25) is 0 Å². The van der Waals surface area contributed by atoms with Crippen LogP contribution in [0.3, 0.4) is 0 Å². The molecule has 1 aromatic heterocycles. The molecule has 52 valence electrons. The lowest BCUT2D eigenvalue weighted by Crippen LogP contribution is -1.89. The number of halogens is 1. The van der Waals surface area contributed by atoms with Gasteiger partial charge >= 0.3 is 0 Å². The molecular weight excluding hydrogens is 148 g/mol. The molecular formula is C7H7ClN2. The summed E-state index contributed by atoms with van der Waals surface area (Å²) >= 11 is 5.68. The van der Waals surface area contributed by atoms with Crippen molar-refractivity contribution in [2.75, 3.05) is 18.0 Å². The lowest BCUT2D eigenvalue weighted by molar-refractivity contribution is 1.29. The van der Waals surface area contributed by atoms with E-state index < -0.39 is 0 Å². The monoisotopic (exact) mass is 154 g/mol. The first-order valence-electron chi connectivity index (χ1n) is 3.23. The second-order valence-electron chi connectivity index (χ2n) is 2.32. The molecule has 1 saturated heterocycles. The van der Waals surface area contributed by atoms with Gasteiger partial charge in [-0.3, -0.25) is 0 Å². The zero-order valence-electron chi connectivity index (χ0n) is 5.42. The minimum atomic E-state index is 0.574. The number of aromatic nitrogens is 1. The highest BCUT2D eigenvalue weighted by molar-refractivity contribution is 6.29. The van der Waals surface area contributed by atoms with E-state index in [1.165, 1.54) is 5.69 Å². The molecule has 1 aliphatic rings. The van der Waals surface area contributed by atoms with Crippen LogP contribution in [0.5, 0.6) is 0 Å². The van der Waals surface area contributed by atoms with Crippen LogP contribution in [0.4, 0.5) is 5.69 Å². The average Bonchev–Trinajstić information content (AvgIpc) is 2.68. The number of rotatable bonds is 1. The second-order valence-corrected chi connectivity index (χ2v) is 2.71. The number of nitrogens with zero attached hydrogens (tertiary/aromatic N) is 2. The highest BCUT2D eigenvalue weighted by Gasteiger charge is 2.17. The van der Waals surface area contributed by atoms with Crippen molar-refractivity contribution in [3.63, 3.8) is 0 Å². The standard InChI is InChI=1S/C7H7ClN2/c8-7-5-6(1-2-9-7)10-3-4-10/h1-2,5H,3-4H2. The second kappa shape index (κ2) is 2.13. The molecule has 2 heterocycles. The van der Waals surface area contributed by atoms with Crippen molar-refractivity contribution in [1.29, 1.82) is 0 Å². The van der Waals surface area contributed by atoms with Crippen LogP contribution in [0, 0.1) is 0 Å². The van der Waals surface area contributed by atoms with Gasteiger partial charge in [0, 0.05) is 25.0 Å². The van der Waals surface area contributed by atoms with E-state index >= 15 is 0 Å². The Balaban J connectivity index is 2.32. The summed E-state index contributed by atoms with van der Waals surface area (Å²) in [6.45, 7) is 2.31. The summed E-state index contributed by atoms with van der Waals surface area (Å²) in [5.74, 6) is 0. The normalized spacial score (nSPS) is 15.5. The molecule has 10 heavy (non-hydrogen) atoms. The third-order valence-corrected chi connectivity index (χ3v) is 1.73. The zero-order valence-corrected chi connectivity index (χ0v) is 6.17. The van der Waals surface area contributed by atoms with E-state index in [9.17, 15) is 0 Å². The summed E-state index contributed by atoms with van der Waals surface area (Å²) < 4.78 is 0. The summed E-state index contributed by atoms with van der Waals surface area (Å²) in [6.07, 6.45) is 1.73. The predicted octanol–water partition coefficient (Wildman–Crippen LogP) is 1.55. The Morgan fingerprint density at radius 3 is 2.90 bits per heavy atom. The molecule has 0 spiro atoms. The number of hydrogen-bond acceptors (Lipinski definition) is 2. The fraction of sp³-hybridized carbons (Fsp3) is 0.286. The van der Waals surface area contributed by atoms with E-state index in [-0.39, 0.29) is 0 Å². The topological polar surface area (TPSA) is 15.9 Å². The largest absolute Gasteiger partial charge is 0.368 e. The quantitative estimate of drug-likeness (QED) is 0.451. The first kappa shape index (κ1) is 5.98. The summed E-state index contributed by atoms with van der Waals surface area (Å²) in [5.41, 5.74) is 1.18. The van der Waals surface area contributed by atoms with Crippen LogP contribution in [-0.2, 0) is 0 Å². The third-order valence-electron chi connectivity index (χ3n) is 1.52. The lowest BCUT2D eigenvalue weighted by Gasteiger charge is -1.99. The molecule has 0 saturated carbocycles. The lowest BCUT2D eigenvalue weighted by atomic mass is 10.4. The fourth-order valence-electron chi connectivity index (χ4n) is 0.897. The van der Waals surface area contributed by atoms with Gasteiger partial charge < -0.3 is 4.90 Å². The smallest absolute Gasteiger partial charge is 0.131 e. The molecule has 1 aromatic rings. The van der Waals surface area contributed by atoms with Crippen molar-refractivity contribution in [3.05, 3.63) is 23.5 Å². The molecule has 0 amide bonds. The Bertz CT molecular complexity index is 245. The molecule has 0 bridgehead atoms. The van der Waals surface area contributed by atoms with E-state index in [2.05, 4.69) is 9.88 Å². The minimum absolute atomic E-state index is 0.574. The molecule has 0 N–H and O–H groups in total. The molecule has 2 nitrogen and oxygen atoms in total. The molecule has 0 atom stereocenters. The Hall–Kier alpha value is -0.760. The van der Waals surface area contributed by atoms with Crippen molar-refractivity contribution >= 4 is 17.3 Å². The van der Waals surface area contributed by atoms with Crippen molar-refractivity contribution in [1.82, 2.24) is 4.98 Å². The van der Waals surface area contributed by atoms with Crippen molar-refractivity contribution in [3.8, 4) is 0 Å². The summed E-state index contributed by atoms with van der Waals surface area (Å²) in [6, 6.07) is 3.85. The molecule has 2 rings (SSSR count). The predicted molar refractivity (Wildman–Crippen MR) is 41.5 cm³/mol. The van der Waals surface area contributed by atoms with E-state index in [0.717, 1.165) is 13.1 Å². The van der Waals surface area contributed by atoms with Crippen molar-refractivity contribution in [2.45, 2.75) is 0 Å². The minimum Gasteiger partial charge on any atom is -0.368 e. The van der Waals surface area contributed by atoms with E-state index in [1.807, 2.05) is 12.1 Å². The van der Waals surface area contributed by atoms with Gasteiger partial charge in [-0.1, -0.05) is 11.6 Å². The molecule has 3 heteroatoms. The maximum atomic E-state index is 5.68. The van der Waals surface area contributed by atoms with E-state index in [1.54, 1.807) is 6.20 Å². The summed E-state index contributed by atoms with van der Waals surface area (Å²) in [4.78, 5) is 6.12. The van der Waals surface area contributed by atoms with Gasteiger partial charge in [-0.15, -0.1) is 0 Å². The first-order valence-corrected chi connectivity index (χ1v) is 3.60. The highest BCUT2D eigenvalue weighted by Crippen LogP contribution is 2.22. The zero-order chi connectivity index (χ0) is 6.97. The van der Waals surface area contributed by atoms with Crippen LogP contribution in [0.25, 0.3) is 0 Å².